The third-order valence-electron chi connectivity index (χ3n) is 4.86. The second-order valence-electron chi connectivity index (χ2n) is 6.84. The van der Waals surface area contributed by atoms with Crippen LogP contribution >= 0.6 is 0 Å². The Labute approximate surface area is 144 Å². The average molecular weight is 331 g/mol. The van der Waals surface area contributed by atoms with Gasteiger partial charge in [-0.25, -0.2) is 0 Å². The summed E-state index contributed by atoms with van der Waals surface area (Å²) in [5, 5.41) is 12.2. The van der Waals surface area contributed by atoms with Crippen LogP contribution in [0.5, 0.6) is 0 Å². The van der Waals surface area contributed by atoms with E-state index in [4.69, 9.17) is 5.11 Å². The van der Waals surface area contributed by atoms with Gasteiger partial charge < -0.3 is 10.4 Å². The van der Waals surface area contributed by atoms with E-state index in [0.717, 1.165) is 38.5 Å². The third kappa shape index (κ3) is 5.75. The van der Waals surface area contributed by atoms with Gasteiger partial charge in [0.2, 0.25) is 5.91 Å². The number of aliphatic hydroxyl groups is 1. The van der Waals surface area contributed by atoms with Crippen molar-refractivity contribution < 1.29 is 14.7 Å². The lowest BCUT2D eigenvalue weighted by Gasteiger charge is -2.27. The number of nitrogens with one attached hydrogen (secondary N) is 1. The number of amides is 1. The number of rotatable bonds is 8. The summed E-state index contributed by atoms with van der Waals surface area (Å²) >= 11 is 0. The van der Waals surface area contributed by atoms with Gasteiger partial charge in [0.15, 0.2) is 5.78 Å². The summed E-state index contributed by atoms with van der Waals surface area (Å²) in [6.07, 6.45) is 6.38. The summed E-state index contributed by atoms with van der Waals surface area (Å²) in [7, 11) is 0. The first kappa shape index (κ1) is 18.7. The minimum Gasteiger partial charge on any atom is -0.396 e. The summed E-state index contributed by atoms with van der Waals surface area (Å²) in [5.74, 6) is 0.367. The molecule has 0 aliphatic heterocycles. The van der Waals surface area contributed by atoms with Gasteiger partial charge in [-0.2, -0.15) is 0 Å². The molecule has 1 saturated carbocycles. The summed E-state index contributed by atoms with van der Waals surface area (Å²) in [6, 6.07) is 7.92. The van der Waals surface area contributed by atoms with Gasteiger partial charge in [-0.15, -0.1) is 0 Å². The number of hydrogen-bond donors (Lipinski definition) is 2. The summed E-state index contributed by atoms with van der Waals surface area (Å²) in [5.41, 5.74) is 1.93. The number of aryl methyl sites for hydroxylation is 1. The van der Waals surface area contributed by atoms with E-state index in [9.17, 15) is 9.59 Å². The Bertz CT molecular complexity index is 530. The second kappa shape index (κ2) is 9.58. The number of hydrogen-bond acceptors (Lipinski definition) is 3. The Morgan fingerprint density at radius 1 is 1.08 bits per heavy atom. The first-order valence-corrected chi connectivity index (χ1v) is 9.14. The number of ketones is 1. The number of carbonyl (C=O) groups is 2. The van der Waals surface area contributed by atoms with Crippen molar-refractivity contribution in [3.8, 4) is 0 Å². The van der Waals surface area contributed by atoms with Crippen molar-refractivity contribution in [2.24, 2.45) is 5.92 Å². The highest BCUT2D eigenvalue weighted by atomic mass is 16.3. The fraction of sp³-hybridized carbons (Fsp3) is 0.600. The van der Waals surface area contributed by atoms with E-state index in [1.54, 1.807) is 0 Å². The minimum atomic E-state index is -0.0431. The fourth-order valence-corrected chi connectivity index (χ4v) is 3.31. The first-order chi connectivity index (χ1) is 11.6. The quantitative estimate of drug-likeness (QED) is 0.719. The predicted octanol–water partition coefficient (Wildman–Crippen LogP) is 3.27. The Kier molecular flexibility index (Phi) is 7.44. The van der Waals surface area contributed by atoms with E-state index in [1.807, 2.05) is 24.3 Å². The van der Waals surface area contributed by atoms with E-state index in [0.29, 0.717) is 11.5 Å². The standard InChI is InChI=1S/C20H29NO3/c1-2-3-15-4-8-17(9-5-15)19(23)12-13-20(24)21-18-10-6-16(14-22)7-11-18/h4-5,8-9,16,18,22H,2-3,6-7,10-14H2,1H3,(H,21,24). The van der Waals surface area contributed by atoms with Crippen LogP contribution in [0, 0.1) is 5.92 Å². The van der Waals surface area contributed by atoms with E-state index in [1.165, 1.54) is 5.56 Å². The Balaban J connectivity index is 1.72. The van der Waals surface area contributed by atoms with Crippen molar-refractivity contribution in [2.75, 3.05) is 6.61 Å². The van der Waals surface area contributed by atoms with Gasteiger partial charge in [-0.1, -0.05) is 37.6 Å². The third-order valence-corrected chi connectivity index (χ3v) is 4.86. The smallest absolute Gasteiger partial charge is 0.220 e. The molecule has 0 aromatic heterocycles. The molecule has 0 heterocycles. The SMILES string of the molecule is CCCc1ccc(C(=O)CCC(=O)NC2CCC(CO)CC2)cc1. The van der Waals surface area contributed by atoms with Crippen LogP contribution in [-0.2, 0) is 11.2 Å². The second-order valence-corrected chi connectivity index (χ2v) is 6.84. The van der Waals surface area contributed by atoms with Gasteiger partial charge >= 0.3 is 0 Å². The van der Waals surface area contributed by atoms with Gasteiger partial charge in [0.05, 0.1) is 0 Å². The Morgan fingerprint density at radius 3 is 2.33 bits per heavy atom. The number of aliphatic hydroxyl groups excluding tert-OH is 1. The molecule has 1 aliphatic rings. The maximum Gasteiger partial charge on any atom is 0.220 e. The maximum absolute atomic E-state index is 12.2. The topological polar surface area (TPSA) is 66.4 Å². The molecule has 2 rings (SSSR count). The molecule has 0 bridgehead atoms. The van der Waals surface area contributed by atoms with Gasteiger partial charge in [0.25, 0.3) is 0 Å². The molecule has 0 saturated heterocycles. The fourth-order valence-electron chi connectivity index (χ4n) is 3.31. The van der Waals surface area contributed by atoms with Crippen LogP contribution in [-0.4, -0.2) is 29.4 Å². The van der Waals surface area contributed by atoms with Crippen molar-refractivity contribution in [3.05, 3.63) is 35.4 Å². The largest absolute Gasteiger partial charge is 0.396 e. The minimum absolute atomic E-state index is 0.0252. The zero-order chi connectivity index (χ0) is 17.4. The molecule has 0 unspecified atom stereocenters. The van der Waals surface area contributed by atoms with E-state index < -0.39 is 0 Å². The average Bonchev–Trinajstić information content (AvgIpc) is 2.61. The Morgan fingerprint density at radius 2 is 1.75 bits per heavy atom. The van der Waals surface area contributed by atoms with Crippen molar-refractivity contribution in [3.63, 3.8) is 0 Å². The van der Waals surface area contributed by atoms with Crippen molar-refractivity contribution in [2.45, 2.75) is 64.3 Å². The molecule has 0 atom stereocenters. The van der Waals surface area contributed by atoms with Gasteiger partial charge in [0, 0.05) is 31.1 Å². The van der Waals surface area contributed by atoms with Crippen LogP contribution in [0.25, 0.3) is 0 Å². The van der Waals surface area contributed by atoms with Crippen LogP contribution < -0.4 is 5.32 Å². The van der Waals surface area contributed by atoms with Crippen LogP contribution in [0.1, 0.15) is 67.8 Å². The lowest BCUT2D eigenvalue weighted by molar-refractivity contribution is -0.122. The number of benzene rings is 1. The van der Waals surface area contributed by atoms with Crippen LogP contribution in [0.2, 0.25) is 0 Å². The van der Waals surface area contributed by atoms with Crippen molar-refractivity contribution in [1.82, 2.24) is 5.32 Å². The molecular weight excluding hydrogens is 302 g/mol. The lowest BCUT2D eigenvalue weighted by atomic mass is 9.86. The molecule has 1 amide bonds. The van der Waals surface area contributed by atoms with E-state index >= 15 is 0 Å². The zero-order valence-corrected chi connectivity index (χ0v) is 14.6. The monoisotopic (exact) mass is 331 g/mol. The molecule has 0 radical (unpaired) electrons. The summed E-state index contributed by atoms with van der Waals surface area (Å²) in [6.45, 7) is 2.38. The lowest BCUT2D eigenvalue weighted by Crippen LogP contribution is -2.38. The molecule has 1 aliphatic carbocycles. The van der Waals surface area contributed by atoms with E-state index in [-0.39, 0.29) is 37.2 Å². The highest BCUT2D eigenvalue weighted by molar-refractivity contribution is 5.98. The van der Waals surface area contributed by atoms with Crippen molar-refractivity contribution in [1.29, 1.82) is 0 Å². The van der Waals surface area contributed by atoms with Gasteiger partial charge in [-0.3, -0.25) is 9.59 Å². The van der Waals surface area contributed by atoms with E-state index in [2.05, 4.69) is 12.2 Å². The van der Waals surface area contributed by atoms with Crippen molar-refractivity contribution >= 4 is 11.7 Å². The van der Waals surface area contributed by atoms with Gasteiger partial charge in [0.1, 0.15) is 0 Å². The Hall–Kier alpha value is -1.68. The highest BCUT2D eigenvalue weighted by Crippen LogP contribution is 2.23. The number of carbonyl (C=O) groups excluding carboxylic acids is 2. The van der Waals surface area contributed by atoms with Crippen LogP contribution in [0.3, 0.4) is 0 Å². The molecule has 1 fully saturated rings. The normalized spacial score (nSPS) is 20.6. The molecule has 132 valence electrons. The molecule has 4 nitrogen and oxygen atoms in total. The highest BCUT2D eigenvalue weighted by Gasteiger charge is 2.22. The predicted molar refractivity (Wildman–Crippen MR) is 95.0 cm³/mol. The molecule has 1 aromatic carbocycles. The molecule has 4 heteroatoms. The zero-order valence-electron chi connectivity index (χ0n) is 14.6. The molecular formula is C20H29NO3. The van der Waals surface area contributed by atoms with Crippen LogP contribution in [0.4, 0.5) is 0 Å². The maximum atomic E-state index is 12.2. The molecule has 24 heavy (non-hydrogen) atoms. The molecule has 0 spiro atoms. The van der Waals surface area contributed by atoms with Gasteiger partial charge in [-0.05, 0) is 43.6 Å². The molecule has 2 N–H and O–H groups in total. The van der Waals surface area contributed by atoms with Crippen LogP contribution in [0.15, 0.2) is 24.3 Å². The molecule has 1 aromatic rings. The summed E-state index contributed by atoms with van der Waals surface area (Å²) in [4.78, 5) is 24.2. The summed E-state index contributed by atoms with van der Waals surface area (Å²) < 4.78 is 0. The number of Topliss-reactive ketones (excluding diaryl/α,β-unsaturated/α-hetero) is 1. The first-order valence-electron chi connectivity index (χ1n) is 9.14.